The van der Waals surface area contributed by atoms with Crippen molar-refractivity contribution < 1.29 is 4.84 Å². The molecule has 82 valence electrons. The molecule has 0 saturated heterocycles. The van der Waals surface area contributed by atoms with Crippen LogP contribution >= 0.6 is 11.6 Å². The zero-order chi connectivity index (χ0) is 11.4. The number of hydrogen-bond donors (Lipinski definition) is 1. The number of rotatable bonds is 3. The molecule has 4 heteroatoms. The third kappa shape index (κ3) is 2.39. The van der Waals surface area contributed by atoms with Crippen molar-refractivity contribution in [3.05, 3.63) is 53.3 Å². The summed E-state index contributed by atoms with van der Waals surface area (Å²) in [4.78, 5) is 8.75. The average Bonchev–Trinajstić information content (AvgIpc) is 2.31. The predicted molar refractivity (Wildman–Crippen MR) is 63.7 cm³/mol. The van der Waals surface area contributed by atoms with Crippen molar-refractivity contribution in [1.29, 1.82) is 0 Å². The Balaban J connectivity index is 2.48. The first-order valence-electron chi connectivity index (χ1n) is 4.82. The van der Waals surface area contributed by atoms with Gasteiger partial charge < -0.3 is 0 Å². The minimum absolute atomic E-state index is 0.324. The van der Waals surface area contributed by atoms with Crippen LogP contribution in [0, 0.1) is 0 Å². The van der Waals surface area contributed by atoms with Crippen molar-refractivity contribution in [2.45, 2.75) is 6.61 Å². The fraction of sp³-hybridized carbons (Fsp3) is 0.0833. The molecule has 16 heavy (non-hydrogen) atoms. The van der Waals surface area contributed by atoms with Gasteiger partial charge in [0.05, 0.1) is 6.61 Å². The highest BCUT2D eigenvalue weighted by Gasteiger charge is 2.05. The molecule has 2 aromatic rings. The molecular formula is C12H11ClN2O. The smallest absolute Gasteiger partial charge is 0.0936 e. The van der Waals surface area contributed by atoms with Gasteiger partial charge in [-0.1, -0.05) is 23.7 Å². The predicted octanol–water partition coefficient (Wildman–Crippen LogP) is 2.79. The van der Waals surface area contributed by atoms with Gasteiger partial charge in [-0.2, -0.15) is 0 Å². The van der Waals surface area contributed by atoms with E-state index in [0.717, 1.165) is 16.7 Å². The molecule has 0 atom stereocenters. The summed E-state index contributed by atoms with van der Waals surface area (Å²) in [5, 5.41) is 0.666. The number of aromatic nitrogens is 1. The number of hydrogen-bond acceptors (Lipinski definition) is 3. The molecule has 0 amide bonds. The number of pyridine rings is 1. The fourth-order valence-electron chi connectivity index (χ4n) is 1.58. The molecule has 0 unspecified atom stereocenters. The maximum absolute atomic E-state index is 5.93. The van der Waals surface area contributed by atoms with Crippen LogP contribution in [0.2, 0.25) is 5.02 Å². The van der Waals surface area contributed by atoms with Gasteiger partial charge in [0, 0.05) is 23.0 Å². The summed E-state index contributed by atoms with van der Waals surface area (Å²) < 4.78 is 0. The van der Waals surface area contributed by atoms with Gasteiger partial charge in [-0.05, 0) is 29.3 Å². The van der Waals surface area contributed by atoms with Gasteiger partial charge in [-0.25, -0.2) is 5.90 Å². The summed E-state index contributed by atoms with van der Waals surface area (Å²) in [6.45, 7) is 0.324. The Labute approximate surface area is 98.8 Å². The molecule has 1 aromatic carbocycles. The molecule has 0 spiro atoms. The van der Waals surface area contributed by atoms with Crippen molar-refractivity contribution in [3.63, 3.8) is 0 Å². The quantitative estimate of drug-likeness (QED) is 0.831. The first-order chi connectivity index (χ1) is 7.81. The summed E-state index contributed by atoms with van der Waals surface area (Å²) >= 11 is 5.93. The highest BCUT2D eigenvalue weighted by molar-refractivity contribution is 6.30. The molecule has 0 bridgehead atoms. The number of benzene rings is 1. The van der Waals surface area contributed by atoms with Crippen LogP contribution in [0.5, 0.6) is 0 Å². The summed E-state index contributed by atoms with van der Waals surface area (Å²) in [5.74, 6) is 5.10. The summed E-state index contributed by atoms with van der Waals surface area (Å²) in [6, 6.07) is 9.49. The van der Waals surface area contributed by atoms with Crippen LogP contribution in [-0.2, 0) is 11.4 Å². The van der Waals surface area contributed by atoms with Crippen LogP contribution in [0.1, 0.15) is 5.56 Å². The van der Waals surface area contributed by atoms with Gasteiger partial charge in [0.1, 0.15) is 0 Å². The van der Waals surface area contributed by atoms with Crippen LogP contribution in [0.25, 0.3) is 11.1 Å². The van der Waals surface area contributed by atoms with Crippen LogP contribution < -0.4 is 5.90 Å². The van der Waals surface area contributed by atoms with Crippen molar-refractivity contribution in [2.75, 3.05) is 0 Å². The Bertz CT molecular complexity index is 474. The fourth-order valence-corrected chi connectivity index (χ4v) is 1.77. The Morgan fingerprint density at radius 1 is 1.31 bits per heavy atom. The largest absolute Gasteiger partial charge is 0.300 e. The van der Waals surface area contributed by atoms with E-state index in [1.807, 2.05) is 30.3 Å². The van der Waals surface area contributed by atoms with Crippen LogP contribution in [0.15, 0.2) is 42.7 Å². The van der Waals surface area contributed by atoms with E-state index in [1.54, 1.807) is 12.4 Å². The third-order valence-electron chi connectivity index (χ3n) is 2.28. The number of halogens is 1. The van der Waals surface area contributed by atoms with Gasteiger partial charge >= 0.3 is 0 Å². The van der Waals surface area contributed by atoms with E-state index in [4.69, 9.17) is 17.5 Å². The monoisotopic (exact) mass is 234 g/mol. The Hall–Kier alpha value is -1.42. The molecule has 0 fully saturated rings. The summed E-state index contributed by atoms with van der Waals surface area (Å²) in [7, 11) is 0. The zero-order valence-electron chi connectivity index (χ0n) is 8.56. The summed E-state index contributed by atoms with van der Waals surface area (Å²) in [6.07, 6.45) is 3.53. The second-order valence-corrected chi connectivity index (χ2v) is 3.79. The molecule has 3 nitrogen and oxygen atoms in total. The lowest BCUT2D eigenvalue weighted by molar-refractivity contribution is 0.124. The molecule has 2 N–H and O–H groups in total. The maximum atomic E-state index is 5.93. The van der Waals surface area contributed by atoms with Crippen LogP contribution in [-0.4, -0.2) is 4.98 Å². The van der Waals surface area contributed by atoms with Crippen LogP contribution in [0.4, 0.5) is 0 Å². The molecular weight excluding hydrogens is 224 g/mol. The topological polar surface area (TPSA) is 48.1 Å². The second kappa shape index (κ2) is 5.07. The molecule has 0 radical (unpaired) electrons. The molecule has 1 heterocycles. The molecule has 0 saturated carbocycles. The summed E-state index contributed by atoms with van der Waals surface area (Å²) in [5.41, 5.74) is 3.00. The van der Waals surface area contributed by atoms with E-state index in [0.29, 0.717) is 11.6 Å². The standard InChI is InChI=1S/C12H11ClN2O/c13-11-3-4-12(10(6-11)8-16-14)9-2-1-5-15-7-9/h1-7H,8,14H2. The molecule has 2 rings (SSSR count). The highest BCUT2D eigenvalue weighted by Crippen LogP contribution is 2.26. The number of nitrogens with zero attached hydrogens (tertiary/aromatic N) is 1. The second-order valence-electron chi connectivity index (χ2n) is 3.35. The maximum Gasteiger partial charge on any atom is 0.0936 e. The lowest BCUT2D eigenvalue weighted by atomic mass is 10.0. The van der Waals surface area contributed by atoms with E-state index < -0.39 is 0 Å². The molecule has 1 aromatic heterocycles. The molecule has 0 aliphatic rings. The first-order valence-corrected chi connectivity index (χ1v) is 5.19. The van der Waals surface area contributed by atoms with E-state index in [9.17, 15) is 0 Å². The van der Waals surface area contributed by atoms with Crippen LogP contribution in [0.3, 0.4) is 0 Å². The van der Waals surface area contributed by atoms with Gasteiger partial charge in [0.2, 0.25) is 0 Å². The van der Waals surface area contributed by atoms with Crippen molar-refractivity contribution in [2.24, 2.45) is 5.90 Å². The Morgan fingerprint density at radius 3 is 2.88 bits per heavy atom. The SMILES string of the molecule is NOCc1cc(Cl)ccc1-c1cccnc1. The highest BCUT2D eigenvalue weighted by atomic mass is 35.5. The van der Waals surface area contributed by atoms with Gasteiger partial charge in [-0.3, -0.25) is 9.82 Å². The van der Waals surface area contributed by atoms with Gasteiger partial charge in [-0.15, -0.1) is 0 Å². The van der Waals surface area contributed by atoms with E-state index in [2.05, 4.69) is 9.82 Å². The van der Waals surface area contributed by atoms with Gasteiger partial charge in [0.15, 0.2) is 0 Å². The lowest BCUT2D eigenvalue weighted by Crippen LogP contribution is -2.00. The normalized spacial score (nSPS) is 10.4. The van der Waals surface area contributed by atoms with Crippen molar-refractivity contribution in [1.82, 2.24) is 4.98 Å². The third-order valence-corrected chi connectivity index (χ3v) is 2.51. The Morgan fingerprint density at radius 2 is 2.19 bits per heavy atom. The first kappa shape index (κ1) is 11.1. The van der Waals surface area contributed by atoms with Crippen molar-refractivity contribution in [3.8, 4) is 11.1 Å². The average molecular weight is 235 g/mol. The minimum Gasteiger partial charge on any atom is -0.300 e. The molecule has 0 aliphatic carbocycles. The minimum atomic E-state index is 0.324. The van der Waals surface area contributed by atoms with E-state index >= 15 is 0 Å². The lowest BCUT2D eigenvalue weighted by Gasteiger charge is -2.08. The van der Waals surface area contributed by atoms with Crippen molar-refractivity contribution >= 4 is 11.6 Å². The molecule has 0 aliphatic heterocycles. The zero-order valence-corrected chi connectivity index (χ0v) is 9.32. The number of nitrogens with two attached hydrogens (primary N) is 1. The Kier molecular flexibility index (Phi) is 3.51. The van der Waals surface area contributed by atoms with E-state index in [1.165, 1.54) is 0 Å². The van der Waals surface area contributed by atoms with Gasteiger partial charge in [0.25, 0.3) is 0 Å². The van der Waals surface area contributed by atoms with E-state index in [-0.39, 0.29) is 0 Å².